The quantitative estimate of drug-likeness (QED) is 0.553. The third-order valence-corrected chi connectivity index (χ3v) is 6.47. The van der Waals surface area contributed by atoms with Crippen LogP contribution in [0.25, 0.3) is 0 Å². The number of carbonyl (C=O) groups is 1. The van der Waals surface area contributed by atoms with Gasteiger partial charge >= 0.3 is 0 Å². The molecule has 2 aromatic rings. The Balaban J connectivity index is 1.92. The number of aryl methyl sites for hydroxylation is 1. The summed E-state index contributed by atoms with van der Waals surface area (Å²) >= 11 is 1.32. The molecule has 0 spiro atoms. The van der Waals surface area contributed by atoms with Crippen molar-refractivity contribution < 1.29 is 23.0 Å². The number of amidine groups is 1. The average molecular weight is 504 g/mol. The fraction of sp³-hybridized carbons (Fsp3) is 0.417. The number of hydrogen-bond acceptors (Lipinski definition) is 8. The van der Waals surface area contributed by atoms with Gasteiger partial charge in [0.1, 0.15) is 5.69 Å². The molecule has 1 aromatic heterocycles. The number of anilines is 1. The SMILES string of the molecule is C#C[C@H](C)Oc1cnc(C(=O)Nc2cc(F)c(F)c([C@]3(C)C[C@](C)(COC)SC(N)=N3)c2)c(C)n1. The standard InChI is InChI=1S/C24H27F2N5O3S/c1-7-13(2)34-18-10-28-20(14(3)29-18)21(32)30-15-8-16(19(26)17(25)9-15)24(5)11-23(4,12-33-6)35-22(27)31-24/h1,8-10,13H,11-12H2,2-6H3,(H2,27,31)(H,30,32)/t13-,23+,24-/m0/s1. The first-order chi connectivity index (χ1) is 16.4. The van der Waals surface area contributed by atoms with Crippen LogP contribution in [0.3, 0.4) is 0 Å². The van der Waals surface area contributed by atoms with Crippen LogP contribution < -0.4 is 15.8 Å². The van der Waals surface area contributed by atoms with Gasteiger partial charge in [0.25, 0.3) is 5.91 Å². The molecular weight excluding hydrogens is 476 g/mol. The zero-order chi connectivity index (χ0) is 26.0. The van der Waals surface area contributed by atoms with E-state index in [9.17, 15) is 13.6 Å². The molecule has 3 rings (SSSR count). The number of benzene rings is 1. The third-order valence-electron chi connectivity index (χ3n) is 5.41. The molecule has 1 amide bonds. The van der Waals surface area contributed by atoms with Gasteiger partial charge in [0, 0.05) is 29.2 Å². The maximum atomic E-state index is 15.0. The Morgan fingerprint density at radius 3 is 2.74 bits per heavy atom. The number of nitrogens with one attached hydrogen (secondary N) is 1. The zero-order valence-corrected chi connectivity index (χ0v) is 20.9. The second-order valence-electron chi connectivity index (χ2n) is 8.73. The highest BCUT2D eigenvalue weighted by molar-refractivity contribution is 8.15. The monoisotopic (exact) mass is 503 g/mol. The summed E-state index contributed by atoms with van der Waals surface area (Å²) in [5.74, 6) is -0.278. The highest BCUT2D eigenvalue weighted by Crippen LogP contribution is 2.46. The van der Waals surface area contributed by atoms with Gasteiger partial charge < -0.3 is 20.5 Å². The van der Waals surface area contributed by atoms with Gasteiger partial charge in [0.2, 0.25) is 5.88 Å². The molecule has 1 aliphatic heterocycles. The molecule has 3 atom stereocenters. The number of rotatable bonds is 7. The van der Waals surface area contributed by atoms with Crippen LogP contribution in [0.2, 0.25) is 0 Å². The molecule has 0 bridgehead atoms. The predicted molar refractivity (Wildman–Crippen MR) is 131 cm³/mol. The number of methoxy groups -OCH3 is 1. The van der Waals surface area contributed by atoms with E-state index in [2.05, 4.69) is 26.2 Å². The van der Waals surface area contributed by atoms with E-state index in [4.69, 9.17) is 21.6 Å². The molecule has 186 valence electrons. The maximum Gasteiger partial charge on any atom is 0.276 e. The third kappa shape index (κ3) is 5.89. The van der Waals surface area contributed by atoms with Crippen LogP contribution >= 0.6 is 11.8 Å². The number of amides is 1. The Bertz CT molecular complexity index is 1220. The molecule has 11 heteroatoms. The lowest BCUT2D eigenvalue weighted by Crippen LogP contribution is -2.43. The summed E-state index contributed by atoms with van der Waals surface area (Å²) in [4.78, 5) is 25.6. The van der Waals surface area contributed by atoms with Crippen molar-refractivity contribution in [2.45, 2.75) is 50.5 Å². The largest absolute Gasteiger partial charge is 0.460 e. The van der Waals surface area contributed by atoms with Crippen LogP contribution in [0, 0.1) is 30.9 Å². The molecule has 0 saturated carbocycles. The summed E-state index contributed by atoms with van der Waals surface area (Å²) < 4.78 is 39.8. The minimum Gasteiger partial charge on any atom is -0.460 e. The first kappa shape index (κ1) is 26.4. The van der Waals surface area contributed by atoms with Gasteiger partial charge in [-0.25, -0.2) is 18.7 Å². The number of thioether (sulfide) groups is 1. The van der Waals surface area contributed by atoms with Gasteiger partial charge in [0.05, 0.1) is 24.0 Å². The highest BCUT2D eigenvalue weighted by Gasteiger charge is 2.44. The number of aromatic nitrogens is 2. The minimum absolute atomic E-state index is 0.00722. The Hall–Kier alpha value is -3.23. The van der Waals surface area contributed by atoms with E-state index in [0.717, 1.165) is 6.07 Å². The fourth-order valence-electron chi connectivity index (χ4n) is 4.06. The van der Waals surface area contributed by atoms with E-state index < -0.39 is 33.9 Å². The molecule has 3 N–H and O–H groups in total. The molecule has 1 aliphatic rings. The summed E-state index contributed by atoms with van der Waals surface area (Å²) in [6.45, 7) is 7.16. The molecule has 0 unspecified atom stereocenters. The lowest BCUT2D eigenvalue weighted by atomic mass is 9.83. The van der Waals surface area contributed by atoms with Gasteiger partial charge in [-0.3, -0.25) is 9.79 Å². The Labute approximate surface area is 207 Å². The van der Waals surface area contributed by atoms with Crippen molar-refractivity contribution in [3.05, 3.63) is 46.9 Å². The first-order valence-electron chi connectivity index (χ1n) is 10.7. The fourth-order valence-corrected chi connectivity index (χ4v) is 5.34. The number of aliphatic imine (C=N–C) groups is 1. The van der Waals surface area contributed by atoms with Crippen LogP contribution in [-0.2, 0) is 10.3 Å². The van der Waals surface area contributed by atoms with E-state index >= 15 is 0 Å². The van der Waals surface area contributed by atoms with Crippen molar-refractivity contribution in [3.63, 3.8) is 0 Å². The Morgan fingerprint density at radius 1 is 1.40 bits per heavy atom. The lowest BCUT2D eigenvalue weighted by molar-refractivity contribution is 0.102. The van der Waals surface area contributed by atoms with Gasteiger partial charge in [-0.05, 0) is 40.2 Å². The summed E-state index contributed by atoms with van der Waals surface area (Å²) in [7, 11) is 1.56. The average Bonchev–Trinajstić information content (AvgIpc) is 2.74. The molecule has 8 nitrogen and oxygen atoms in total. The van der Waals surface area contributed by atoms with E-state index in [-0.39, 0.29) is 33.7 Å². The van der Waals surface area contributed by atoms with E-state index in [0.29, 0.717) is 13.0 Å². The highest BCUT2D eigenvalue weighted by atomic mass is 32.2. The number of nitrogens with two attached hydrogens (primary N) is 1. The maximum absolute atomic E-state index is 15.0. The van der Waals surface area contributed by atoms with E-state index in [1.807, 2.05) is 6.92 Å². The Morgan fingerprint density at radius 2 is 2.11 bits per heavy atom. The van der Waals surface area contributed by atoms with E-state index in [1.54, 1.807) is 27.9 Å². The van der Waals surface area contributed by atoms with Crippen molar-refractivity contribution in [3.8, 4) is 18.2 Å². The van der Waals surface area contributed by atoms with Crippen LogP contribution in [0.5, 0.6) is 5.88 Å². The van der Waals surface area contributed by atoms with Crippen molar-refractivity contribution >= 4 is 28.5 Å². The molecule has 0 fully saturated rings. The Kier molecular flexibility index (Phi) is 7.67. The number of carbonyl (C=O) groups excluding carboxylic acids is 1. The van der Waals surface area contributed by atoms with Crippen molar-refractivity contribution in [1.29, 1.82) is 0 Å². The minimum atomic E-state index is -1.18. The second-order valence-corrected chi connectivity index (χ2v) is 10.3. The number of hydrogen-bond donors (Lipinski definition) is 2. The van der Waals surface area contributed by atoms with Crippen LogP contribution in [0.4, 0.5) is 14.5 Å². The van der Waals surface area contributed by atoms with Crippen molar-refractivity contribution in [2.24, 2.45) is 10.7 Å². The molecule has 0 aliphatic carbocycles. The van der Waals surface area contributed by atoms with Crippen LogP contribution in [0.15, 0.2) is 23.3 Å². The van der Waals surface area contributed by atoms with Crippen molar-refractivity contribution in [2.75, 3.05) is 19.0 Å². The second kappa shape index (κ2) is 10.2. The molecule has 0 radical (unpaired) electrons. The summed E-state index contributed by atoms with van der Waals surface area (Å²) in [6.07, 6.45) is 6.36. The van der Waals surface area contributed by atoms with E-state index in [1.165, 1.54) is 24.0 Å². The lowest BCUT2D eigenvalue weighted by Gasteiger charge is -2.41. The molecule has 2 heterocycles. The number of ether oxygens (including phenoxy) is 2. The van der Waals surface area contributed by atoms with Crippen LogP contribution in [0.1, 0.15) is 48.9 Å². The number of terminal acetylenes is 1. The van der Waals surface area contributed by atoms with Gasteiger partial charge in [-0.2, -0.15) is 0 Å². The number of halogens is 2. The summed E-state index contributed by atoms with van der Waals surface area (Å²) in [5, 5.41) is 2.80. The van der Waals surface area contributed by atoms with Gasteiger partial charge in [-0.1, -0.05) is 17.7 Å². The first-order valence-corrected chi connectivity index (χ1v) is 11.5. The predicted octanol–water partition coefficient (Wildman–Crippen LogP) is 3.79. The van der Waals surface area contributed by atoms with Gasteiger partial charge in [0.15, 0.2) is 22.9 Å². The zero-order valence-electron chi connectivity index (χ0n) is 20.1. The topological polar surface area (TPSA) is 112 Å². The molecule has 0 saturated heterocycles. The molecular formula is C24H27F2N5O3S. The van der Waals surface area contributed by atoms with Crippen molar-refractivity contribution in [1.82, 2.24) is 9.97 Å². The molecule has 35 heavy (non-hydrogen) atoms. The molecule has 1 aromatic carbocycles. The normalized spacial score (nSPS) is 22.6. The smallest absolute Gasteiger partial charge is 0.276 e. The summed E-state index contributed by atoms with van der Waals surface area (Å²) in [6, 6.07) is 2.25. The van der Waals surface area contributed by atoms with Gasteiger partial charge in [-0.15, -0.1) is 6.42 Å². The van der Waals surface area contributed by atoms with Crippen LogP contribution in [-0.4, -0.2) is 45.6 Å². The number of nitrogens with zero attached hydrogens (tertiary/aromatic N) is 3. The summed E-state index contributed by atoms with van der Waals surface area (Å²) in [5.41, 5.74) is 5.12.